The quantitative estimate of drug-likeness (QED) is 0.743. The molecule has 1 aliphatic rings. The highest BCUT2D eigenvalue weighted by Crippen LogP contribution is 2.31. The standard InChI is InChI=1S/C16H25NO3/c1-18-15-8-2-5-13(9-10-17)16(15)20-12-4-7-14-6-3-11-19-14/h2,5,8,14H,3-4,6-7,9-12,17H2,1H3. The van der Waals surface area contributed by atoms with Crippen molar-refractivity contribution in [2.75, 3.05) is 26.9 Å². The van der Waals surface area contributed by atoms with Crippen LogP contribution in [0.4, 0.5) is 0 Å². The summed E-state index contributed by atoms with van der Waals surface area (Å²) in [4.78, 5) is 0. The van der Waals surface area contributed by atoms with Crippen LogP contribution in [0.25, 0.3) is 0 Å². The lowest BCUT2D eigenvalue weighted by atomic mass is 10.1. The van der Waals surface area contributed by atoms with Gasteiger partial charge >= 0.3 is 0 Å². The third-order valence-electron chi connectivity index (χ3n) is 3.63. The highest BCUT2D eigenvalue weighted by molar-refractivity contribution is 5.46. The Kier molecular flexibility index (Phi) is 6.15. The number of hydrogen-bond donors (Lipinski definition) is 1. The van der Waals surface area contributed by atoms with E-state index in [2.05, 4.69) is 0 Å². The minimum absolute atomic E-state index is 0.430. The molecule has 2 N–H and O–H groups in total. The van der Waals surface area contributed by atoms with Crippen LogP contribution in [0.15, 0.2) is 18.2 Å². The van der Waals surface area contributed by atoms with E-state index < -0.39 is 0 Å². The van der Waals surface area contributed by atoms with E-state index in [-0.39, 0.29) is 0 Å². The first-order chi connectivity index (χ1) is 9.85. The molecule has 1 aromatic carbocycles. The van der Waals surface area contributed by atoms with Gasteiger partial charge in [-0.05, 0) is 50.3 Å². The number of methoxy groups -OCH3 is 1. The second kappa shape index (κ2) is 8.12. The summed E-state index contributed by atoms with van der Waals surface area (Å²) in [5, 5.41) is 0. The third kappa shape index (κ3) is 4.12. The number of ether oxygens (including phenoxy) is 3. The fraction of sp³-hybridized carbons (Fsp3) is 0.625. The van der Waals surface area contributed by atoms with Crippen LogP contribution in [0.5, 0.6) is 11.5 Å². The van der Waals surface area contributed by atoms with Gasteiger partial charge in [0.25, 0.3) is 0 Å². The van der Waals surface area contributed by atoms with Gasteiger partial charge in [-0.1, -0.05) is 12.1 Å². The van der Waals surface area contributed by atoms with E-state index >= 15 is 0 Å². The topological polar surface area (TPSA) is 53.7 Å². The van der Waals surface area contributed by atoms with Crippen molar-refractivity contribution < 1.29 is 14.2 Å². The van der Waals surface area contributed by atoms with E-state index in [9.17, 15) is 0 Å². The molecule has 1 aliphatic heterocycles. The van der Waals surface area contributed by atoms with Crippen molar-refractivity contribution >= 4 is 0 Å². The number of para-hydroxylation sites is 1. The van der Waals surface area contributed by atoms with Gasteiger partial charge in [0.05, 0.1) is 19.8 Å². The van der Waals surface area contributed by atoms with Crippen molar-refractivity contribution in [3.8, 4) is 11.5 Å². The molecule has 1 saturated heterocycles. The minimum Gasteiger partial charge on any atom is -0.493 e. The Morgan fingerprint density at radius 1 is 1.40 bits per heavy atom. The first-order valence-electron chi connectivity index (χ1n) is 7.45. The largest absolute Gasteiger partial charge is 0.493 e. The van der Waals surface area contributed by atoms with E-state index in [1.54, 1.807) is 7.11 Å². The minimum atomic E-state index is 0.430. The molecule has 0 amide bonds. The predicted molar refractivity (Wildman–Crippen MR) is 79.5 cm³/mol. The van der Waals surface area contributed by atoms with Crippen LogP contribution in [-0.2, 0) is 11.2 Å². The predicted octanol–water partition coefficient (Wildman–Crippen LogP) is 2.53. The summed E-state index contributed by atoms with van der Waals surface area (Å²) >= 11 is 0. The Morgan fingerprint density at radius 2 is 2.30 bits per heavy atom. The molecular weight excluding hydrogens is 254 g/mol. The highest BCUT2D eigenvalue weighted by atomic mass is 16.5. The van der Waals surface area contributed by atoms with Crippen molar-refractivity contribution in [3.05, 3.63) is 23.8 Å². The molecule has 0 aliphatic carbocycles. The van der Waals surface area contributed by atoms with Crippen molar-refractivity contribution in [1.29, 1.82) is 0 Å². The molecule has 0 aromatic heterocycles. The van der Waals surface area contributed by atoms with E-state index in [1.807, 2.05) is 18.2 Å². The van der Waals surface area contributed by atoms with Gasteiger partial charge in [0.2, 0.25) is 0 Å². The molecule has 0 radical (unpaired) electrons. The molecule has 2 rings (SSSR count). The van der Waals surface area contributed by atoms with E-state index in [1.165, 1.54) is 12.8 Å². The summed E-state index contributed by atoms with van der Waals surface area (Å²) in [5.74, 6) is 1.63. The van der Waals surface area contributed by atoms with Crippen LogP contribution < -0.4 is 15.2 Å². The van der Waals surface area contributed by atoms with Crippen molar-refractivity contribution in [2.45, 2.75) is 38.2 Å². The van der Waals surface area contributed by atoms with Crippen molar-refractivity contribution in [2.24, 2.45) is 5.73 Å². The fourth-order valence-electron chi connectivity index (χ4n) is 2.60. The molecule has 1 heterocycles. The third-order valence-corrected chi connectivity index (χ3v) is 3.63. The number of benzene rings is 1. The Labute approximate surface area is 121 Å². The molecule has 4 nitrogen and oxygen atoms in total. The molecule has 1 fully saturated rings. The molecule has 20 heavy (non-hydrogen) atoms. The Balaban J connectivity index is 1.86. The Bertz CT molecular complexity index is 403. The lowest BCUT2D eigenvalue weighted by Gasteiger charge is -2.15. The molecular formula is C16H25NO3. The zero-order chi connectivity index (χ0) is 14.2. The van der Waals surface area contributed by atoms with Gasteiger partial charge in [0.15, 0.2) is 11.5 Å². The average Bonchev–Trinajstić information content (AvgIpc) is 2.98. The monoisotopic (exact) mass is 279 g/mol. The lowest BCUT2D eigenvalue weighted by Crippen LogP contribution is -2.10. The second-order valence-corrected chi connectivity index (χ2v) is 5.11. The van der Waals surface area contributed by atoms with Crippen LogP contribution in [0.3, 0.4) is 0 Å². The van der Waals surface area contributed by atoms with Crippen molar-refractivity contribution in [1.82, 2.24) is 0 Å². The van der Waals surface area contributed by atoms with Gasteiger partial charge in [-0.15, -0.1) is 0 Å². The summed E-state index contributed by atoms with van der Waals surface area (Å²) in [7, 11) is 1.67. The van der Waals surface area contributed by atoms with Crippen LogP contribution in [-0.4, -0.2) is 33.0 Å². The molecule has 0 bridgehead atoms. The Hall–Kier alpha value is -1.26. The molecule has 1 unspecified atom stereocenters. The maximum atomic E-state index is 5.94. The summed E-state index contributed by atoms with van der Waals surface area (Å²) < 4.78 is 16.9. The molecule has 0 spiro atoms. The number of nitrogens with two attached hydrogens (primary N) is 1. The van der Waals surface area contributed by atoms with Crippen LogP contribution in [0.2, 0.25) is 0 Å². The molecule has 1 atom stereocenters. The van der Waals surface area contributed by atoms with E-state index in [0.717, 1.165) is 42.9 Å². The first-order valence-corrected chi connectivity index (χ1v) is 7.45. The van der Waals surface area contributed by atoms with Crippen LogP contribution in [0.1, 0.15) is 31.2 Å². The summed E-state index contributed by atoms with van der Waals surface area (Å²) in [6, 6.07) is 5.95. The fourth-order valence-corrected chi connectivity index (χ4v) is 2.60. The van der Waals surface area contributed by atoms with Gasteiger partial charge < -0.3 is 19.9 Å². The highest BCUT2D eigenvalue weighted by Gasteiger charge is 2.15. The van der Waals surface area contributed by atoms with Gasteiger partial charge in [-0.3, -0.25) is 0 Å². The maximum absolute atomic E-state index is 5.94. The zero-order valence-electron chi connectivity index (χ0n) is 12.3. The zero-order valence-corrected chi connectivity index (χ0v) is 12.3. The molecule has 1 aromatic rings. The number of hydrogen-bond acceptors (Lipinski definition) is 4. The van der Waals surface area contributed by atoms with Crippen molar-refractivity contribution in [3.63, 3.8) is 0 Å². The van der Waals surface area contributed by atoms with Crippen LogP contribution >= 0.6 is 0 Å². The summed E-state index contributed by atoms with van der Waals surface area (Å²) in [5.41, 5.74) is 6.76. The van der Waals surface area contributed by atoms with E-state index in [4.69, 9.17) is 19.9 Å². The number of rotatable bonds is 8. The second-order valence-electron chi connectivity index (χ2n) is 5.11. The molecule has 0 saturated carbocycles. The summed E-state index contributed by atoms with van der Waals surface area (Å²) in [6.45, 7) is 2.22. The lowest BCUT2D eigenvalue weighted by molar-refractivity contribution is 0.0979. The van der Waals surface area contributed by atoms with Gasteiger partial charge in [-0.25, -0.2) is 0 Å². The smallest absolute Gasteiger partial charge is 0.164 e. The first kappa shape index (κ1) is 15.1. The average molecular weight is 279 g/mol. The molecule has 4 heteroatoms. The van der Waals surface area contributed by atoms with Crippen LogP contribution in [0, 0.1) is 0 Å². The maximum Gasteiger partial charge on any atom is 0.164 e. The summed E-state index contributed by atoms with van der Waals surface area (Å²) in [6.07, 6.45) is 5.69. The SMILES string of the molecule is COc1cccc(CCN)c1OCCCC1CCCO1. The van der Waals surface area contributed by atoms with Gasteiger partial charge in [0.1, 0.15) is 0 Å². The van der Waals surface area contributed by atoms with Gasteiger partial charge in [0, 0.05) is 6.61 Å². The Morgan fingerprint density at radius 3 is 3.00 bits per heavy atom. The van der Waals surface area contributed by atoms with E-state index in [0.29, 0.717) is 19.3 Å². The normalized spacial score (nSPS) is 18.2. The van der Waals surface area contributed by atoms with Gasteiger partial charge in [-0.2, -0.15) is 0 Å². The molecule has 112 valence electrons.